The number of hydrogen-bond acceptors (Lipinski definition) is 4. The lowest BCUT2D eigenvalue weighted by atomic mass is 10.1. The van der Waals surface area contributed by atoms with Gasteiger partial charge in [0.05, 0.1) is 12.8 Å². The average molecular weight is 389 g/mol. The van der Waals surface area contributed by atoms with Gasteiger partial charge in [0.2, 0.25) is 0 Å². The number of nitrogens with zero attached hydrogens (tertiary/aromatic N) is 2. The number of aryl methyl sites for hydroxylation is 2. The van der Waals surface area contributed by atoms with Gasteiger partial charge in [0.25, 0.3) is 11.8 Å². The van der Waals surface area contributed by atoms with Gasteiger partial charge in [-0.1, -0.05) is 6.07 Å². The van der Waals surface area contributed by atoms with Crippen molar-refractivity contribution in [1.29, 1.82) is 0 Å². The van der Waals surface area contributed by atoms with E-state index in [-0.39, 0.29) is 12.1 Å². The molecule has 4 amide bonds. The number of urea groups is 1. The topological polar surface area (TPSA) is 84.6 Å². The zero-order valence-electron chi connectivity index (χ0n) is 16.0. The van der Waals surface area contributed by atoms with Crippen molar-refractivity contribution in [3.05, 3.63) is 83.1 Å². The third-order valence-electron chi connectivity index (χ3n) is 4.92. The second kappa shape index (κ2) is 7.27. The summed E-state index contributed by atoms with van der Waals surface area (Å²) in [6, 6.07) is 12.2. The van der Waals surface area contributed by atoms with E-state index in [0.717, 1.165) is 16.2 Å². The molecule has 4 rings (SSSR count). The van der Waals surface area contributed by atoms with E-state index in [1.165, 1.54) is 17.9 Å². The molecule has 0 unspecified atom stereocenters. The van der Waals surface area contributed by atoms with Crippen molar-refractivity contribution in [3.63, 3.8) is 0 Å². The Balaban J connectivity index is 1.69. The molecule has 3 aromatic rings. The molecule has 3 heterocycles. The second-order valence-corrected chi connectivity index (χ2v) is 6.86. The Bertz CT molecular complexity index is 1140. The van der Waals surface area contributed by atoms with E-state index in [1.54, 1.807) is 18.2 Å². The summed E-state index contributed by atoms with van der Waals surface area (Å²) in [5.74, 6) is -0.938. The van der Waals surface area contributed by atoms with Gasteiger partial charge in [-0.3, -0.25) is 19.8 Å². The Morgan fingerprint density at radius 2 is 1.86 bits per heavy atom. The highest BCUT2D eigenvalue weighted by molar-refractivity contribution is 6.30. The van der Waals surface area contributed by atoms with Crippen LogP contribution in [-0.4, -0.2) is 27.3 Å². The number of carbonyl (C=O) groups excluding carboxylic acids is 3. The summed E-state index contributed by atoms with van der Waals surface area (Å²) in [5.41, 5.74) is 3.77. The van der Waals surface area contributed by atoms with Crippen molar-refractivity contribution in [1.82, 2.24) is 14.8 Å². The summed E-state index contributed by atoms with van der Waals surface area (Å²) in [6.45, 7) is 4.00. The minimum Gasteiger partial charge on any atom is -0.467 e. The SMILES string of the molecule is Cc1ccc(-n2cccc2/C=C2\C(=O)NC(=O)N(Cc3ccco3)C2=O)cc1C. The predicted octanol–water partition coefficient (Wildman–Crippen LogP) is 3.35. The monoisotopic (exact) mass is 389 g/mol. The van der Waals surface area contributed by atoms with Crippen LogP contribution in [0.1, 0.15) is 22.6 Å². The standard InChI is InChI=1S/C22H19N3O4/c1-14-7-8-17(11-15(14)2)24-9-3-5-16(24)12-19-20(26)23-22(28)25(21(19)27)13-18-6-4-10-29-18/h3-12H,13H2,1-2H3,(H,23,26,28)/b19-12+. The predicted molar refractivity (Wildman–Crippen MR) is 106 cm³/mol. The van der Waals surface area contributed by atoms with Gasteiger partial charge in [0.1, 0.15) is 11.3 Å². The maximum Gasteiger partial charge on any atom is 0.331 e. The van der Waals surface area contributed by atoms with Gasteiger partial charge in [-0.2, -0.15) is 0 Å². The van der Waals surface area contributed by atoms with Gasteiger partial charge >= 0.3 is 6.03 Å². The number of amides is 4. The molecule has 7 heteroatoms. The summed E-state index contributed by atoms with van der Waals surface area (Å²) in [7, 11) is 0. The van der Waals surface area contributed by atoms with E-state index in [4.69, 9.17) is 4.42 Å². The number of nitrogens with one attached hydrogen (secondary N) is 1. The first-order valence-electron chi connectivity index (χ1n) is 9.10. The number of barbiturate groups is 1. The van der Waals surface area contributed by atoms with Crippen LogP contribution >= 0.6 is 0 Å². The fourth-order valence-electron chi connectivity index (χ4n) is 3.17. The van der Waals surface area contributed by atoms with E-state index in [0.29, 0.717) is 11.5 Å². The van der Waals surface area contributed by atoms with E-state index in [9.17, 15) is 14.4 Å². The molecule has 1 aliphatic rings. The molecule has 0 saturated carbocycles. The van der Waals surface area contributed by atoms with Crippen LogP contribution in [0.4, 0.5) is 4.79 Å². The molecule has 2 aromatic heterocycles. The number of furan rings is 1. The first-order valence-corrected chi connectivity index (χ1v) is 9.10. The molecule has 1 fully saturated rings. The number of imide groups is 2. The highest BCUT2D eigenvalue weighted by Gasteiger charge is 2.36. The van der Waals surface area contributed by atoms with Crippen LogP contribution < -0.4 is 5.32 Å². The molecular formula is C22H19N3O4. The quantitative estimate of drug-likeness (QED) is 0.548. The highest BCUT2D eigenvalue weighted by Crippen LogP contribution is 2.21. The molecule has 29 heavy (non-hydrogen) atoms. The van der Waals surface area contributed by atoms with Crippen LogP contribution in [0.5, 0.6) is 0 Å². The summed E-state index contributed by atoms with van der Waals surface area (Å²) in [5, 5.41) is 2.22. The molecule has 7 nitrogen and oxygen atoms in total. The smallest absolute Gasteiger partial charge is 0.331 e. The maximum absolute atomic E-state index is 12.9. The molecule has 1 aromatic carbocycles. The third-order valence-corrected chi connectivity index (χ3v) is 4.92. The van der Waals surface area contributed by atoms with Crippen molar-refractivity contribution >= 4 is 23.9 Å². The lowest BCUT2D eigenvalue weighted by Gasteiger charge is -2.25. The number of benzene rings is 1. The summed E-state index contributed by atoms with van der Waals surface area (Å²) in [4.78, 5) is 38.3. The van der Waals surface area contributed by atoms with Gasteiger partial charge in [0.15, 0.2) is 0 Å². The van der Waals surface area contributed by atoms with Crippen LogP contribution in [0.3, 0.4) is 0 Å². The van der Waals surface area contributed by atoms with Gasteiger partial charge in [-0.05, 0) is 67.4 Å². The normalized spacial score (nSPS) is 15.9. The van der Waals surface area contributed by atoms with Crippen LogP contribution in [0.15, 0.2) is 64.9 Å². The van der Waals surface area contributed by atoms with Crippen molar-refractivity contribution in [2.24, 2.45) is 0 Å². The van der Waals surface area contributed by atoms with Crippen molar-refractivity contribution in [3.8, 4) is 5.69 Å². The largest absolute Gasteiger partial charge is 0.467 e. The van der Waals surface area contributed by atoms with E-state index < -0.39 is 17.8 Å². The van der Waals surface area contributed by atoms with Crippen molar-refractivity contribution in [2.75, 3.05) is 0 Å². The summed E-state index contributed by atoms with van der Waals surface area (Å²) >= 11 is 0. The lowest BCUT2D eigenvalue weighted by Crippen LogP contribution is -2.53. The van der Waals surface area contributed by atoms with Gasteiger partial charge in [0, 0.05) is 17.6 Å². The van der Waals surface area contributed by atoms with E-state index in [2.05, 4.69) is 5.32 Å². The van der Waals surface area contributed by atoms with E-state index in [1.807, 2.05) is 48.9 Å². The molecule has 0 bridgehead atoms. The second-order valence-electron chi connectivity index (χ2n) is 6.86. The Kier molecular flexibility index (Phi) is 4.64. The fraction of sp³-hybridized carbons (Fsp3) is 0.136. The molecule has 1 saturated heterocycles. The Labute approximate surface area is 167 Å². The molecular weight excluding hydrogens is 370 g/mol. The van der Waals surface area contributed by atoms with Crippen LogP contribution in [0, 0.1) is 13.8 Å². The first kappa shape index (κ1) is 18.5. The fourth-order valence-corrected chi connectivity index (χ4v) is 3.17. The summed E-state index contributed by atoms with van der Waals surface area (Å²) in [6.07, 6.45) is 4.81. The first-order chi connectivity index (χ1) is 13.9. The number of rotatable bonds is 4. The van der Waals surface area contributed by atoms with Crippen LogP contribution in [0.2, 0.25) is 0 Å². The number of aromatic nitrogens is 1. The molecule has 0 radical (unpaired) electrons. The molecule has 1 aliphatic heterocycles. The van der Waals surface area contributed by atoms with Crippen LogP contribution in [0.25, 0.3) is 11.8 Å². The number of hydrogen-bond donors (Lipinski definition) is 1. The molecule has 0 spiro atoms. The average Bonchev–Trinajstić information content (AvgIpc) is 3.36. The Morgan fingerprint density at radius 1 is 1.03 bits per heavy atom. The Morgan fingerprint density at radius 3 is 2.59 bits per heavy atom. The highest BCUT2D eigenvalue weighted by atomic mass is 16.3. The maximum atomic E-state index is 12.9. The van der Waals surface area contributed by atoms with Gasteiger partial charge in [-0.25, -0.2) is 4.79 Å². The Hall–Kier alpha value is -3.87. The third kappa shape index (κ3) is 3.50. The zero-order valence-corrected chi connectivity index (χ0v) is 16.0. The molecule has 1 N–H and O–H groups in total. The zero-order chi connectivity index (χ0) is 20.5. The molecule has 0 aliphatic carbocycles. The number of carbonyl (C=O) groups is 3. The van der Waals surface area contributed by atoms with Crippen LogP contribution in [-0.2, 0) is 16.1 Å². The van der Waals surface area contributed by atoms with Gasteiger partial charge in [-0.15, -0.1) is 0 Å². The molecule has 146 valence electrons. The van der Waals surface area contributed by atoms with E-state index >= 15 is 0 Å². The lowest BCUT2D eigenvalue weighted by molar-refractivity contribution is -0.130. The minimum absolute atomic E-state index is 0.0551. The van der Waals surface area contributed by atoms with Gasteiger partial charge < -0.3 is 8.98 Å². The summed E-state index contributed by atoms with van der Waals surface area (Å²) < 4.78 is 7.10. The van der Waals surface area contributed by atoms with Crippen molar-refractivity contribution < 1.29 is 18.8 Å². The molecule has 0 atom stereocenters. The van der Waals surface area contributed by atoms with Crippen molar-refractivity contribution in [2.45, 2.75) is 20.4 Å². The minimum atomic E-state index is -0.766.